The molecule has 0 atom stereocenters. The molecule has 2 aromatic carbocycles. The van der Waals surface area contributed by atoms with Gasteiger partial charge in [-0.15, -0.1) is 0 Å². The standard InChI is InChI=1S/C16H14F4N2O3S/c17-11-5-7-12(8-6-11)22-15(23)9-10-21-26(24,25)14-4-2-1-3-13(14)16(18,19)20/h1-8,21H,9-10H2,(H,22,23). The highest BCUT2D eigenvalue weighted by atomic mass is 32.2. The summed E-state index contributed by atoms with van der Waals surface area (Å²) in [4.78, 5) is 10.8. The zero-order valence-electron chi connectivity index (χ0n) is 13.2. The van der Waals surface area contributed by atoms with Crippen LogP contribution in [0.2, 0.25) is 0 Å². The van der Waals surface area contributed by atoms with Crippen LogP contribution < -0.4 is 10.0 Å². The maximum Gasteiger partial charge on any atom is 0.417 e. The molecule has 0 unspecified atom stereocenters. The summed E-state index contributed by atoms with van der Waals surface area (Å²) in [6, 6.07) is 8.65. The zero-order chi connectivity index (χ0) is 19.4. The van der Waals surface area contributed by atoms with Gasteiger partial charge in [0.25, 0.3) is 0 Å². The molecule has 0 radical (unpaired) electrons. The monoisotopic (exact) mass is 390 g/mol. The Labute approximate surface area is 147 Å². The minimum Gasteiger partial charge on any atom is -0.326 e. The van der Waals surface area contributed by atoms with E-state index in [0.29, 0.717) is 11.8 Å². The molecule has 0 aliphatic carbocycles. The third-order valence-corrected chi connectivity index (χ3v) is 4.77. The molecule has 0 spiro atoms. The summed E-state index contributed by atoms with van der Waals surface area (Å²) in [6.07, 6.45) is -5.14. The number of benzene rings is 2. The quantitative estimate of drug-likeness (QED) is 0.744. The van der Waals surface area contributed by atoms with Crippen molar-refractivity contribution in [1.82, 2.24) is 4.72 Å². The predicted octanol–water partition coefficient (Wildman–Crippen LogP) is 3.15. The van der Waals surface area contributed by atoms with Crippen LogP contribution in [0.5, 0.6) is 0 Å². The zero-order valence-corrected chi connectivity index (χ0v) is 14.0. The number of halogens is 4. The largest absolute Gasteiger partial charge is 0.417 e. The van der Waals surface area contributed by atoms with Crippen molar-refractivity contribution in [3.05, 3.63) is 59.9 Å². The van der Waals surface area contributed by atoms with Crippen LogP contribution in [0.1, 0.15) is 12.0 Å². The highest BCUT2D eigenvalue weighted by Gasteiger charge is 2.36. The van der Waals surface area contributed by atoms with Crippen LogP contribution in [0.25, 0.3) is 0 Å². The van der Waals surface area contributed by atoms with Gasteiger partial charge in [-0.05, 0) is 36.4 Å². The number of alkyl halides is 3. The van der Waals surface area contributed by atoms with E-state index < -0.39 is 44.9 Å². The van der Waals surface area contributed by atoms with Gasteiger partial charge in [-0.3, -0.25) is 4.79 Å². The van der Waals surface area contributed by atoms with E-state index in [2.05, 4.69) is 5.32 Å². The first-order valence-electron chi connectivity index (χ1n) is 7.31. The molecule has 5 nitrogen and oxygen atoms in total. The highest BCUT2D eigenvalue weighted by molar-refractivity contribution is 7.89. The first-order chi connectivity index (χ1) is 12.1. The van der Waals surface area contributed by atoms with E-state index in [4.69, 9.17) is 0 Å². The van der Waals surface area contributed by atoms with E-state index in [0.717, 1.165) is 24.3 Å². The lowest BCUT2D eigenvalue weighted by molar-refractivity contribution is -0.139. The molecular weight excluding hydrogens is 376 g/mol. The molecule has 1 amide bonds. The summed E-state index contributed by atoms with van der Waals surface area (Å²) >= 11 is 0. The van der Waals surface area contributed by atoms with Gasteiger partial charge in [-0.25, -0.2) is 17.5 Å². The lowest BCUT2D eigenvalue weighted by Crippen LogP contribution is -2.29. The highest BCUT2D eigenvalue weighted by Crippen LogP contribution is 2.33. The number of carbonyl (C=O) groups excluding carboxylic acids is 1. The van der Waals surface area contributed by atoms with Crippen LogP contribution in [0.15, 0.2) is 53.4 Å². The Morgan fingerprint density at radius 1 is 1.00 bits per heavy atom. The average Bonchev–Trinajstić information content (AvgIpc) is 2.56. The number of rotatable bonds is 6. The molecule has 0 aliphatic rings. The molecule has 0 saturated carbocycles. The van der Waals surface area contributed by atoms with Crippen LogP contribution in [0, 0.1) is 5.82 Å². The van der Waals surface area contributed by atoms with Crippen LogP contribution >= 0.6 is 0 Å². The van der Waals surface area contributed by atoms with Gasteiger partial charge >= 0.3 is 6.18 Å². The Morgan fingerprint density at radius 2 is 1.62 bits per heavy atom. The van der Waals surface area contributed by atoms with E-state index in [1.807, 2.05) is 4.72 Å². The normalized spacial score (nSPS) is 12.0. The fraction of sp³-hybridized carbons (Fsp3) is 0.188. The number of hydrogen-bond acceptors (Lipinski definition) is 3. The van der Waals surface area contributed by atoms with Gasteiger partial charge in [-0.1, -0.05) is 12.1 Å². The predicted molar refractivity (Wildman–Crippen MR) is 86.3 cm³/mol. The molecule has 0 fully saturated rings. The molecule has 0 aliphatic heterocycles. The van der Waals surface area contributed by atoms with Gasteiger partial charge in [-0.2, -0.15) is 13.2 Å². The van der Waals surface area contributed by atoms with Crippen molar-refractivity contribution in [3.8, 4) is 0 Å². The number of carbonyl (C=O) groups is 1. The van der Waals surface area contributed by atoms with E-state index in [9.17, 15) is 30.8 Å². The van der Waals surface area contributed by atoms with E-state index in [1.54, 1.807) is 0 Å². The molecule has 0 aromatic heterocycles. The minimum atomic E-state index is -4.83. The van der Waals surface area contributed by atoms with Gasteiger partial charge in [0.15, 0.2) is 0 Å². The number of amides is 1. The van der Waals surface area contributed by atoms with Crippen LogP contribution in [-0.2, 0) is 21.0 Å². The fourth-order valence-electron chi connectivity index (χ4n) is 2.07. The average molecular weight is 390 g/mol. The van der Waals surface area contributed by atoms with Crippen LogP contribution in [0.4, 0.5) is 23.2 Å². The Balaban J connectivity index is 1.98. The topological polar surface area (TPSA) is 75.3 Å². The molecule has 2 rings (SSSR count). The van der Waals surface area contributed by atoms with Crippen molar-refractivity contribution >= 4 is 21.6 Å². The number of nitrogens with one attached hydrogen (secondary N) is 2. The lowest BCUT2D eigenvalue weighted by Gasteiger charge is -2.13. The van der Waals surface area contributed by atoms with E-state index >= 15 is 0 Å². The first kappa shape index (κ1) is 19.9. The molecule has 140 valence electrons. The summed E-state index contributed by atoms with van der Waals surface area (Å²) < 4.78 is 77.7. The molecule has 26 heavy (non-hydrogen) atoms. The van der Waals surface area contributed by atoms with Gasteiger partial charge in [0.1, 0.15) is 5.82 Å². The second-order valence-corrected chi connectivity index (χ2v) is 6.93. The minimum absolute atomic E-state index is 0.307. The van der Waals surface area contributed by atoms with Gasteiger partial charge in [0.2, 0.25) is 15.9 Å². The van der Waals surface area contributed by atoms with Crippen molar-refractivity contribution in [2.75, 3.05) is 11.9 Å². The van der Waals surface area contributed by atoms with Crippen molar-refractivity contribution < 1.29 is 30.8 Å². The number of anilines is 1. The van der Waals surface area contributed by atoms with Crippen LogP contribution in [0.3, 0.4) is 0 Å². The Morgan fingerprint density at radius 3 is 2.23 bits per heavy atom. The smallest absolute Gasteiger partial charge is 0.326 e. The molecule has 2 aromatic rings. The summed E-state index contributed by atoms with van der Waals surface area (Å²) in [5.74, 6) is -1.07. The van der Waals surface area contributed by atoms with Crippen molar-refractivity contribution in [2.45, 2.75) is 17.5 Å². The Bertz CT molecular complexity index is 881. The molecule has 0 bridgehead atoms. The maximum absolute atomic E-state index is 12.9. The number of hydrogen-bond donors (Lipinski definition) is 2. The maximum atomic E-state index is 12.9. The molecule has 10 heteroatoms. The second kappa shape index (κ2) is 7.83. The van der Waals surface area contributed by atoms with Crippen molar-refractivity contribution in [1.29, 1.82) is 0 Å². The summed E-state index contributed by atoms with van der Waals surface area (Å²) in [5.41, 5.74) is -0.982. The van der Waals surface area contributed by atoms with Gasteiger partial charge in [0, 0.05) is 18.7 Å². The Hall–Kier alpha value is -2.46. The molecular formula is C16H14F4N2O3S. The van der Waals surface area contributed by atoms with Crippen molar-refractivity contribution in [3.63, 3.8) is 0 Å². The molecule has 2 N–H and O–H groups in total. The van der Waals surface area contributed by atoms with Crippen LogP contribution in [-0.4, -0.2) is 20.9 Å². The van der Waals surface area contributed by atoms with Crippen molar-refractivity contribution in [2.24, 2.45) is 0 Å². The van der Waals surface area contributed by atoms with E-state index in [1.165, 1.54) is 18.2 Å². The van der Waals surface area contributed by atoms with Gasteiger partial charge < -0.3 is 5.32 Å². The summed E-state index contributed by atoms with van der Waals surface area (Å²) in [5, 5.41) is 2.41. The molecule has 0 saturated heterocycles. The Kier molecular flexibility index (Phi) is 5.98. The second-order valence-electron chi connectivity index (χ2n) is 5.20. The molecule has 0 heterocycles. The third-order valence-electron chi connectivity index (χ3n) is 3.25. The summed E-state index contributed by atoms with van der Waals surface area (Å²) in [7, 11) is -4.45. The third kappa shape index (κ3) is 5.27. The first-order valence-corrected chi connectivity index (χ1v) is 8.79. The number of sulfonamides is 1. The van der Waals surface area contributed by atoms with Gasteiger partial charge in [0.05, 0.1) is 10.5 Å². The lowest BCUT2D eigenvalue weighted by atomic mass is 10.2. The summed E-state index contributed by atoms with van der Waals surface area (Å²) in [6.45, 7) is -0.401. The van der Waals surface area contributed by atoms with E-state index in [-0.39, 0.29) is 6.42 Å². The fourth-order valence-corrected chi connectivity index (χ4v) is 3.33. The SMILES string of the molecule is O=C(CCNS(=O)(=O)c1ccccc1C(F)(F)F)Nc1ccc(F)cc1.